The topological polar surface area (TPSA) is 119 Å². The molecule has 20 heavy (non-hydrogen) atoms. The van der Waals surface area contributed by atoms with Crippen LogP contribution in [0.2, 0.25) is 0 Å². The normalized spacial score (nSPS) is 11.8. The molecule has 0 aromatic heterocycles. The molecule has 1 aromatic carbocycles. The van der Waals surface area contributed by atoms with E-state index in [2.05, 4.69) is 0 Å². The van der Waals surface area contributed by atoms with Crippen molar-refractivity contribution in [2.75, 3.05) is 0 Å². The van der Waals surface area contributed by atoms with E-state index in [1.807, 2.05) is 5.32 Å². The molecular formula is C13H16N2O5. The molecule has 0 aliphatic heterocycles. The van der Waals surface area contributed by atoms with E-state index in [-0.39, 0.29) is 17.2 Å². The van der Waals surface area contributed by atoms with Gasteiger partial charge in [-0.15, -0.1) is 0 Å². The standard InChI is InChI=1S/C13H16N2O5/c1-7(2)10(11(17)15-13(14)19)20-12(18)8-5-3-4-6-9(8)16/h3-7,10,16H,1-2H3,(H3,14,15,17,19)/t10-/m1/s1. The zero-order valence-corrected chi connectivity index (χ0v) is 11.1. The first-order valence-corrected chi connectivity index (χ1v) is 5.92. The Labute approximate surface area is 115 Å². The van der Waals surface area contributed by atoms with Gasteiger partial charge in [0.1, 0.15) is 11.3 Å². The summed E-state index contributed by atoms with van der Waals surface area (Å²) in [5, 5.41) is 11.4. The van der Waals surface area contributed by atoms with Crippen LogP contribution in [0.4, 0.5) is 4.79 Å². The van der Waals surface area contributed by atoms with Gasteiger partial charge in [-0.25, -0.2) is 9.59 Å². The van der Waals surface area contributed by atoms with E-state index in [1.165, 1.54) is 12.1 Å². The molecule has 0 heterocycles. The van der Waals surface area contributed by atoms with Crippen LogP contribution < -0.4 is 11.1 Å². The summed E-state index contributed by atoms with van der Waals surface area (Å²) in [6, 6.07) is 4.75. The number of hydrogen-bond donors (Lipinski definition) is 3. The van der Waals surface area contributed by atoms with Gasteiger partial charge in [-0.1, -0.05) is 26.0 Å². The minimum atomic E-state index is -1.19. The van der Waals surface area contributed by atoms with Crippen molar-refractivity contribution in [3.63, 3.8) is 0 Å². The lowest BCUT2D eigenvalue weighted by atomic mass is 10.1. The van der Waals surface area contributed by atoms with Gasteiger partial charge in [0.15, 0.2) is 6.10 Å². The number of nitrogens with two attached hydrogens (primary N) is 1. The number of para-hydroxylation sites is 1. The van der Waals surface area contributed by atoms with Crippen LogP contribution in [-0.2, 0) is 9.53 Å². The summed E-state index contributed by atoms with van der Waals surface area (Å²) in [5.41, 5.74) is 4.78. The van der Waals surface area contributed by atoms with Crippen molar-refractivity contribution in [3.8, 4) is 5.75 Å². The van der Waals surface area contributed by atoms with Crippen molar-refractivity contribution in [2.24, 2.45) is 11.7 Å². The molecule has 0 aliphatic rings. The monoisotopic (exact) mass is 280 g/mol. The second-order valence-electron chi connectivity index (χ2n) is 4.44. The van der Waals surface area contributed by atoms with Crippen LogP contribution >= 0.6 is 0 Å². The molecule has 1 atom stereocenters. The number of ether oxygens (including phenoxy) is 1. The van der Waals surface area contributed by atoms with Crippen molar-refractivity contribution < 1.29 is 24.2 Å². The van der Waals surface area contributed by atoms with Gasteiger partial charge in [0.25, 0.3) is 5.91 Å². The fraction of sp³-hybridized carbons (Fsp3) is 0.308. The summed E-state index contributed by atoms with van der Waals surface area (Å²) in [7, 11) is 0. The van der Waals surface area contributed by atoms with E-state index in [9.17, 15) is 19.5 Å². The third kappa shape index (κ3) is 3.98. The Bertz CT molecular complexity index is 527. The number of urea groups is 1. The van der Waals surface area contributed by atoms with Crippen molar-refractivity contribution in [3.05, 3.63) is 29.8 Å². The fourth-order valence-corrected chi connectivity index (χ4v) is 1.51. The van der Waals surface area contributed by atoms with Crippen LogP contribution in [0.15, 0.2) is 24.3 Å². The molecule has 0 spiro atoms. The zero-order chi connectivity index (χ0) is 15.3. The number of rotatable bonds is 4. The van der Waals surface area contributed by atoms with Gasteiger partial charge in [-0.3, -0.25) is 10.1 Å². The van der Waals surface area contributed by atoms with E-state index >= 15 is 0 Å². The first-order chi connectivity index (χ1) is 9.32. The molecule has 0 saturated carbocycles. The molecule has 1 aromatic rings. The highest BCUT2D eigenvalue weighted by Gasteiger charge is 2.28. The number of hydrogen-bond acceptors (Lipinski definition) is 5. The molecule has 4 N–H and O–H groups in total. The molecule has 0 aliphatic carbocycles. The highest BCUT2D eigenvalue weighted by atomic mass is 16.5. The van der Waals surface area contributed by atoms with E-state index in [0.29, 0.717) is 0 Å². The number of imide groups is 1. The van der Waals surface area contributed by atoms with Crippen LogP contribution in [0.3, 0.4) is 0 Å². The molecular weight excluding hydrogens is 264 g/mol. The SMILES string of the molecule is CC(C)[C@@H](OC(=O)c1ccccc1O)C(=O)NC(N)=O. The van der Waals surface area contributed by atoms with E-state index < -0.39 is 24.0 Å². The first-order valence-electron chi connectivity index (χ1n) is 5.92. The molecule has 0 fully saturated rings. The number of aromatic hydroxyl groups is 1. The van der Waals surface area contributed by atoms with Crippen molar-refractivity contribution >= 4 is 17.9 Å². The van der Waals surface area contributed by atoms with Gasteiger partial charge in [-0.05, 0) is 18.1 Å². The van der Waals surface area contributed by atoms with Gasteiger partial charge in [0.05, 0.1) is 0 Å². The lowest BCUT2D eigenvalue weighted by Gasteiger charge is -2.20. The molecule has 0 bridgehead atoms. The Kier molecular flexibility index (Phi) is 5.08. The number of amides is 3. The van der Waals surface area contributed by atoms with Crippen LogP contribution in [0.25, 0.3) is 0 Å². The highest BCUT2D eigenvalue weighted by Crippen LogP contribution is 2.19. The van der Waals surface area contributed by atoms with Crippen molar-refractivity contribution in [1.82, 2.24) is 5.32 Å². The predicted octanol–water partition coefficient (Wildman–Crippen LogP) is 0.769. The zero-order valence-electron chi connectivity index (χ0n) is 11.1. The van der Waals surface area contributed by atoms with Crippen LogP contribution in [0.5, 0.6) is 5.75 Å². The molecule has 108 valence electrons. The summed E-state index contributed by atoms with van der Waals surface area (Å²) < 4.78 is 5.02. The second kappa shape index (κ2) is 6.55. The van der Waals surface area contributed by atoms with Crippen molar-refractivity contribution in [2.45, 2.75) is 20.0 Å². The summed E-state index contributed by atoms with van der Waals surface area (Å²) >= 11 is 0. The van der Waals surface area contributed by atoms with Gasteiger partial charge >= 0.3 is 12.0 Å². The summed E-state index contributed by atoms with van der Waals surface area (Å²) in [6.07, 6.45) is -1.19. The van der Waals surface area contributed by atoms with Crippen LogP contribution in [-0.4, -0.2) is 29.1 Å². The Morgan fingerprint density at radius 1 is 1.25 bits per heavy atom. The maximum Gasteiger partial charge on any atom is 0.342 e. The average molecular weight is 280 g/mol. The first kappa shape index (κ1) is 15.5. The molecule has 0 radical (unpaired) electrons. The molecule has 1 rings (SSSR count). The lowest BCUT2D eigenvalue weighted by Crippen LogP contribution is -2.45. The number of carbonyl (C=O) groups is 3. The average Bonchev–Trinajstić information content (AvgIpc) is 2.34. The third-order valence-electron chi connectivity index (χ3n) is 2.47. The van der Waals surface area contributed by atoms with E-state index in [4.69, 9.17) is 10.5 Å². The number of esters is 1. The number of phenols is 1. The fourth-order valence-electron chi connectivity index (χ4n) is 1.51. The van der Waals surface area contributed by atoms with Gasteiger partial charge in [0.2, 0.25) is 0 Å². The number of carbonyl (C=O) groups excluding carboxylic acids is 3. The van der Waals surface area contributed by atoms with E-state index in [0.717, 1.165) is 0 Å². The Morgan fingerprint density at radius 3 is 2.35 bits per heavy atom. The van der Waals surface area contributed by atoms with Gasteiger partial charge in [0, 0.05) is 0 Å². The third-order valence-corrected chi connectivity index (χ3v) is 2.47. The number of primary amides is 1. The number of nitrogens with one attached hydrogen (secondary N) is 1. The van der Waals surface area contributed by atoms with Gasteiger partial charge < -0.3 is 15.6 Å². The Hall–Kier alpha value is -2.57. The minimum Gasteiger partial charge on any atom is -0.507 e. The Balaban J connectivity index is 2.86. The smallest absolute Gasteiger partial charge is 0.342 e. The molecule has 0 saturated heterocycles. The van der Waals surface area contributed by atoms with Crippen LogP contribution in [0, 0.1) is 5.92 Å². The second-order valence-corrected chi connectivity index (χ2v) is 4.44. The maximum atomic E-state index is 11.9. The maximum absolute atomic E-state index is 11.9. The largest absolute Gasteiger partial charge is 0.507 e. The minimum absolute atomic E-state index is 0.0648. The quantitative estimate of drug-likeness (QED) is 0.704. The summed E-state index contributed by atoms with van der Waals surface area (Å²) in [6.45, 7) is 3.28. The molecule has 7 heteroatoms. The van der Waals surface area contributed by atoms with Crippen molar-refractivity contribution in [1.29, 1.82) is 0 Å². The number of benzene rings is 1. The molecule has 3 amide bonds. The number of phenolic OH excluding ortho intramolecular Hbond substituents is 1. The van der Waals surface area contributed by atoms with Crippen LogP contribution in [0.1, 0.15) is 24.2 Å². The lowest BCUT2D eigenvalue weighted by molar-refractivity contribution is -0.130. The molecule has 7 nitrogen and oxygen atoms in total. The highest BCUT2D eigenvalue weighted by molar-refractivity contribution is 5.99. The summed E-state index contributed by atoms with van der Waals surface area (Å²) in [4.78, 5) is 34.2. The summed E-state index contributed by atoms with van der Waals surface area (Å²) in [5.74, 6) is -2.29. The Morgan fingerprint density at radius 2 is 1.85 bits per heavy atom. The van der Waals surface area contributed by atoms with E-state index in [1.54, 1.807) is 26.0 Å². The van der Waals surface area contributed by atoms with Gasteiger partial charge in [-0.2, -0.15) is 0 Å². The predicted molar refractivity (Wildman–Crippen MR) is 69.9 cm³/mol. The molecule has 0 unspecified atom stereocenters.